The number of halogens is 1. The molecule has 0 heterocycles. The van der Waals surface area contributed by atoms with Crippen LogP contribution in [0.3, 0.4) is 0 Å². The van der Waals surface area contributed by atoms with E-state index in [2.05, 4.69) is 5.32 Å². The van der Waals surface area contributed by atoms with Gasteiger partial charge in [-0.1, -0.05) is 42.5 Å². The van der Waals surface area contributed by atoms with Crippen molar-refractivity contribution in [1.29, 1.82) is 0 Å². The predicted octanol–water partition coefficient (Wildman–Crippen LogP) is 4.06. The van der Waals surface area contributed by atoms with E-state index >= 15 is 0 Å². The number of carbonyl (C=O) groups excluding carboxylic acids is 1. The fourth-order valence-electron chi connectivity index (χ4n) is 2.43. The quantitative estimate of drug-likeness (QED) is 0.769. The van der Waals surface area contributed by atoms with Crippen LogP contribution in [0.4, 0.5) is 4.39 Å². The highest BCUT2D eigenvalue weighted by Gasteiger charge is 2.14. The van der Waals surface area contributed by atoms with Gasteiger partial charge in [-0.25, -0.2) is 4.39 Å². The maximum atomic E-state index is 12.9. The fourth-order valence-corrected chi connectivity index (χ4v) is 2.43. The number of benzene rings is 3. The summed E-state index contributed by atoms with van der Waals surface area (Å²) in [6.45, 7) is 2.04. The van der Waals surface area contributed by atoms with Gasteiger partial charge >= 0.3 is 0 Å². The summed E-state index contributed by atoms with van der Waals surface area (Å²) in [6, 6.07) is 19.7. The molecule has 1 N–H and O–H groups in total. The molecule has 0 fully saturated rings. The molecule has 0 radical (unpaired) electrons. The van der Waals surface area contributed by atoms with Gasteiger partial charge in [-0.05, 0) is 47.5 Å². The van der Waals surface area contributed by atoms with Crippen LogP contribution in [-0.4, -0.2) is 12.0 Å². The zero-order valence-corrected chi connectivity index (χ0v) is 13.3. The lowest BCUT2D eigenvalue weighted by Gasteiger charge is -2.15. The first-order valence-corrected chi connectivity index (χ1v) is 7.79. The van der Waals surface area contributed by atoms with E-state index in [9.17, 15) is 9.18 Å². The van der Waals surface area contributed by atoms with Crippen molar-refractivity contribution in [3.8, 4) is 5.75 Å². The number of hydrogen-bond donors (Lipinski definition) is 1. The van der Waals surface area contributed by atoms with E-state index in [1.165, 1.54) is 12.1 Å². The van der Waals surface area contributed by atoms with Crippen molar-refractivity contribution in [2.45, 2.75) is 19.6 Å². The highest BCUT2D eigenvalue weighted by Crippen LogP contribution is 2.21. The SMILES string of the molecule is C[C@H](Oc1ccc2ccccc2c1)C(=O)NCc1ccc(F)cc1. The van der Waals surface area contributed by atoms with Crippen LogP contribution in [0.25, 0.3) is 10.8 Å². The Labute approximate surface area is 140 Å². The average Bonchev–Trinajstić information content (AvgIpc) is 2.61. The molecule has 1 atom stereocenters. The molecule has 0 aliphatic carbocycles. The third-order valence-corrected chi connectivity index (χ3v) is 3.78. The van der Waals surface area contributed by atoms with Crippen LogP contribution in [-0.2, 0) is 11.3 Å². The van der Waals surface area contributed by atoms with Gasteiger partial charge < -0.3 is 10.1 Å². The molecule has 3 nitrogen and oxygen atoms in total. The fraction of sp³-hybridized carbons (Fsp3) is 0.150. The Morgan fingerprint density at radius 3 is 2.50 bits per heavy atom. The molecule has 0 aliphatic heterocycles. The summed E-state index contributed by atoms with van der Waals surface area (Å²) in [4.78, 5) is 12.1. The van der Waals surface area contributed by atoms with Gasteiger partial charge in [-0.3, -0.25) is 4.79 Å². The second-order valence-electron chi connectivity index (χ2n) is 5.61. The van der Waals surface area contributed by atoms with E-state index in [0.717, 1.165) is 16.3 Å². The van der Waals surface area contributed by atoms with Gasteiger partial charge in [0.15, 0.2) is 6.10 Å². The van der Waals surface area contributed by atoms with Gasteiger partial charge in [-0.15, -0.1) is 0 Å². The zero-order valence-electron chi connectivity index (χ0n) is 13.3. The Kier molecular flexibility index (Phi) is 4.75. The lowest BCUT2D eigenvalue weighted by atomic mass is 10.1. The minimum atomic E-state index is -0.619. The Morgan fingerprint density at radius 1 is 1.04 bits per heavy atom. The van der Waals surface area contributed by atoms with E-state index in [4.69, 9.17) is 4.74 Å². The molecule has 24 heavy (non-hydrogen) atoms. The Morgan fingerprint density at radius 2 is 1.75 bits per heavy atom. The molecule has 1 amide bonds. The number of amides is 1. The Bertz CT molecular complexity index is 846. The molecule has 3 rings (SSSR count). The van der Waals surface area contributed by atoms with Gasteiger partial charge in [-0.2, -0.15) is 0 Å². The largest absolute Gasteiger partial charge is 0.481 e. The highest BCUT2D eigenvalue weighted by atomic mass is 19.1. The summed E-state index contributed by atoms with van der Waals surface area (Å²) in [5.41, 5.74) is 0.836. The molecule has 0 aliphatic rings. The minimum absolute atomic E-state index is 0.215. The molecule has 0 unspecified atom stereocenters. The van der Waals surface area contributed by atoms with Gasteiger partial charge in [0.2, 0.25) is 0 Å². The van der Waals surface area contributed by atoms with Gasteiger partial charge in [0.05, 0.1) is 0 Å². The average molecular weight is 323 g/mol. The molecule has 3 aromatic rings. The summed E-state index contributed by atoms with van der Waals surface area (Å²) in [7, 11) is 0. The van der Waals surface area contributed by atoms with Crippen LogP contribution in [0.1, 0.15) is 12.5 Å². The standard InChI is InChI=1S/C20H18FNO2/c1-14(20(23)22-13-15-6-9-18(21)10-7-15)24-19-11-8-16-4-2-3-5-17(16)12-19/h2-12,14H,13H2,1H3,(H,22,23)/t14-/m0/s1. The minimum Gasteiger partial charge on any atom is -0.481 e. The van der Waals surface area contributed by atoms with Crippen LogP contribution in [0, 0.1) is 5.82 Å². The van der Waals surface area contributed by atoms with Crippen molar-refractivity contribution in [1.82, 2.24) is 5.32 Å². The van der Waals surface area contributed by atoms with E-state index in [-0.39, 0.29) is 11.7 Å². The molecule has 122 valence electrons. The third kappa shape index (κ3) is 3.90. The monoisotopic (exact) mass is 323 g/mol. The van der Waals surface area contributed by atoms with Crippen molar-refractivity contribution in [2.75, 3.05) is 0 Å². The molecule has 0 aromatic heterocycles. The lowest BCUT2D eigenvalue weighted by molar-refractivity contribution is -0.127. The first kappa shape index (κ1) is 16.0. The van der Waals surface area contributed by atoms with E-state index in [0.29, 0.717) is 12.3 Å². The molecule has 0 bridgehead atoms. The smallest absolute Gasteiger partial charge is 0.261 e. The number of ether oxygens (including phenoxy) is 1. The van der Waals surface area contributed by atoms with Gasteiger partial charge in [0.25, 0.3) is 5.91 Å². The maximum absolute atomic E-state index is 12.9. The second-order valence-corrected chi connectivity index (χ2v) is 5.61. The lowest BCUT2D eigenvalue weighted by Crippen LogP contribution is -2.35. The summed E-state index contributed by atoms with van der Waals surface area (Å²) in [5, 5.41) is 4.98. The first-order valence-electron chi connectivity index (χ1n) is 7.79. The summed E-state index contributed by atoms with van der Waals surface area (Å²) >= 11 is 0. The Balaban J connectivity index is 1.59. The predicted molar refractivity (Wildman–Crippen MR) is 92.3 cm³/mol. The molecule has 0 spiro atoms. The van der Waals surface area contributed by atoms with Crippen molar-refractivity contribution in [3.63, 3.8) is 0 Å². The maximum Gasteiger partial charge on any atom is 0.261 e. The topological polar surface area (TPSA) is 38.3 Å². The molecule has 0 saturated carbocycles. The van der Waals surface area contributed by atoms with Crippen LogP contribution in [0.15, 0.2) is 66.7 Å². The number of carbonyl (C=O) groups is 1. The number of fused-ring (bicyclic) bond motifs is 1. The summed E-state index contributed by atoms with van der Waals surface area (Å²) < 4.78 is 18.6. The van der Waals surface area contributed by atoms with Crippen molar-refractivity contribution in [2.24, 2.45) is 0 Å². The third-order valence-electron chi connectivity index (χ3n) is 3.78. The Hall–Kier alpha value is -2.88. The first-order chi connectivity index (χ1) is 11.6. The normalized spacial score (nSPS) is 11.9. The number of rotatable bonds is 5. The molecular weight excluding hydrogens is 305 g/mol. The van der Waals surface area contributed by atoms with Crippen molar-refractivity contribution in [3.05, 3.63) is 78.1 Å². The molecule has 3 aromatic carbocycles. The molecule has 4 heteroatoms. The van der Waals surface area contributed by atoms with E-state index in [1.54, 1.807) is 19.1 Å². The van der Waals surface area contributed by atoms with Crippen LogP contribution >= 0.6 is 0 Å². The van der Waals surface area contributed by atoms with Crippen molar-refractivity contribution >= 4 is 16.7 Å². The van der Waals surface area contributed by atoms with Crippen LogP contribution in [0.2, 0.25) is 0 Å². The van der Waals surface area contributed by atoms with Crippen molar-refractivity contribution < 1.29 is 13.9 Å². The van der Waals surface area contributed by atoms with Gasteiger partial charge in [0, 0.05) is 6.54 Å². The van der Waals surface area contributed by atoms with E-state index < -0.39 is 6.10 Å². The number of hydrogen-bond acceptors (Lipinski definition) is 2. The summed E-state index contributed by atoms with van der Waals surface area (Å²) in [5.74, 6) is 0.142. The van der Waals surface area contributed by atoms with Gasteiger partial charge in [0.1, 0.15) is 11.6 Å². The van der Waals surface area contributed by atoms with Crippen LogP contribution in [0.5, 0.6) is 5.75 Å². The second kappa shape index (κ2) is 7.13. The summed E-state index contributed by atoms with van der Waals surface area (Å²) in [6.07, 6.45) is -0.619. The molecular formula is C20H18FNO2. The van der Waals surface area contributed by atoms with E-state index in [1.807, 2.05) is 42.5 Å². The highest BCUT2D eigenvalue weighted by molar-refractivity contribution is 5.84. The zero-order chi connectivity index (χ0) is 16.9. The number of nitrogens with one attached hydrogen (secondary N) is 1. The molecule has 0 saturated heterocycles. The van der Waals surface area contributed by atoms with Crippen LogP contribution < -0.4 is 10.1 Å².